The molecule has 1 aromatic rings. The first kappa shape index (κ1) is 23.1. The molecule has 2 atom stereocenters. The number of benzene rings is 1. The second kappa shape index (κ2) is 9.44. The third-order valence-corrected chi connectivity index (χ3v) is 7.38. The van der Waals surface area contributed by atoms with E-state index in [9.17, 15) is 14.4 Å². The van der Waals surface area contributed by atoms with E-state index in [-0.39, 0.29) is 37.4 Å². The van der Waals surface area contributed by atoms with Crippen LogP contribution < -0.4 is 0 Å². The number of amides is 2. The number of piperidine rings is 1. The van der Waals surface area contributed by atoms with Gasteiger partial charge in [0, 0.05) is 41.2 Å². The number of halogens is 2. The summed E-state index contributed by atoms with van der Waals surface area (Å²) in [6, 6.07) is 5.16. The number of hydrogen-bond donors (Lipinski definition) is 0. The summed E-state index contributed by atoms with van der Waals surface area (Å²) in [7, 11) is 0. The Hall–Kier alpha value is -2.05. The van der Waals surface area contributed by atoms with E-state index in [0.717, 1.165) is 31.5 Å². The molecular formula is C24H28Cl2N2O4. The van der Waals surface area contributed by atoms with E-state index < -0.39 is 11.3 Å². The quantitative estimate of drug-likeness (QED) is 0.561. The van der Waals surface area contributed by atoms with Gasteiger partial charge in [-0.25, -0.2) is 0 Å². The summed E-state index contributed by atoms with van der Waals surface area (Å²) in [5.41, 5.74) is 0.511. The van der Waals surface area contributed by atoms with E-state index in [1.54, 1.807) is 30.0 Å². The second-order valence-electron chi connectivity index (χ2n) is 8.78. The highest BCUT2D eigenvalue weighted by molar-refractivity contribution is 6.35. The average Bonchev–Trinajstić information content (AvgIpc) is 3.43. The van der Waals surface area contributed by atoms with Crippen LogP contribution in [0.25, 0.3) is 0 Å². The number of ether oxygens (including phenoxy) is 1. The van der Waals surface area contributed by atoms with Gasteiger partial charge in [-0.1, -0.05) is 35.3 Å². The summed E-state index contributed by atoms with van der Waals surface area (Å²) in [5, 5.41) is 0.972. The molecule has 0 radical (unpaired) electrons. The largest absolute Gasteiger partial charge is 0.465 e. The molecule has 0 saturated carbocycles. The Balaban J connectivity index is 1.67. The minimum Gasteiger partial charge on any atom is -0.465 e. The highest BCUT2D eigenvalue weighted by Crippen LogP contribution is 2.51. The van der Waals surface area contributed by atoms with Gasteiger partial charge in [0.05, 0.1) is 13.2 Å². The standard InChI is InChI=1S/C24H28Cl2N2O4/c1-2-32-23(31)24-9-5-6-20(24)28(15-16-7-8-18(25)13-19(16)26)22(30)17(14-24)12-21(29)27-10-3-4-11-27/h6-8,13,17H,2-5,9-12,14-15H2,1H3/t17-,24+/m1/s1. The number of nitrogens with zero attached hydrogens (tertiary/aromatic N) is 2. The Labute approximate surface area is 198 Å². The van der Waals surface area contributed by atoms with E-state index >= 15 is 0 Å². The molecule has 2 fully saturated rings. The molecule has 2 amide bonds. The lowest BCUT2D eigenvalue weighted by Gasteiger charge is -2.44. The molecule has 2 aliphatic heterocycles. The van der Waals surface area contributed by atoms with E-state index in [1.165, 1.54) is 0 Å². The highest BCUT2D eigenvalue weighted by atomic mass is 35.5. The lowest BCUT2D eigenvalue weighted by atomic mass is 9.71. The van der Waals surface area contributed by atoms with Crippen LogP contribution in [0.2, 0.25) is 10.0 Å². The number of likely N-dealkylation sites (tertiary alicyclic amines) is 2. The predicted molar refractivity (Wildman–Crippen MR) is 122 cm³/mol. The van der Waals surface area contributed by atoms with Gasteiger partial charge in [0.1, 0.15) is 5.41 Å². The lowest BCUT2D eigenvalue weighted by Crippen LogP contribution is -2.52. The van der Waals surface area contributed by atoms with Gasteiger partial charge in [-0.2, -0.15) is 0 Å². The molecule has 1 aliphatic carbocycles. The lowest BCUT2D eigenvalue weighted by molar-refractivity contribution is -0.161. The van der Waals surface area contributed by atoms with Crippen molar-refractivity contribution in [2.75, 3.05) is 19.7 Å². The number of rotatable bonds is 6. The molecule has 1 aromatic carbocycles. The second-order valence-corrected chi connectivity index (χ2v) is 9.63. The molecule has 172 valence electrons. The molecule has 32 heavy (non-hydrogen) atoms. The van der Waals surface area contributed by atoms with Crippen LogP contribution in [0, 0.1) is 11.3 Å². The molecule has 8 heteroatoms. The Morgan fingerprint density at radius 1 is 1.22 bits per heavy atom. The van der Waals surface area contributed by atoms with E-state index in [4.69, 9.17) is 27.9 Å². The van der Waals surface area contributed by atoms with Crippen molar-refractivity contribution in [2.24, 2.45) is 11.3 Å². The van der Waals surface area contributed by atoms with Crippen molar-refractivity contribution < 1.29 is 19.1 Å². The summed E-state index contributed by atoms with van der Waals surface area (Å²) in [6.45, 7) is 3.73. The first-order valence-electron chi connectivity index (χ1n) is 11.3. The van der Waals surface area contributed by atoms with Crippen molar-refractivity contribution in [2.45, 2.75) is 52.0 Å². The minimum atomic E-state index is -0.904. The van der Waals surface area contributed by atoms with Crippen LogP contribution in [-0.2, 0) is 25.7 Å². The fourth-order valence-corrected chi connectivity index (χ4v) is 5.68. The number of fused-ring (bicyclic) bond motifs is 1. The van der Waals surface area contributed by atoms with Crippen LogP contribution in [0.3, 0.4) is 0 Å². The van der Waals surface area contributed by atoms with Gasteiger partial charge in [-0.3, -0.25) is 14.4 Å². The van der Waals surface area contributed by atoms with Gasteiger partial charge in [0.25, 0.3) is 0 Å². The van der Waals surface area contributed by atoms with E-state index in [1.807, 2.05) is 11.0 Å². The van der Waals surface area contributed by atoms with Crippen LogP contribution in [0.5, 0.6) is 0 Å². The number of carbonyl (C=O) groups excluding carboxylic acids is 3. The van der Waals surface area contributed by atoms with E-state index in [2.05, 4.69) is 0 Å². The summed E-state index contributed by atoms with van der Waals surface area (Å²) in [4.78, 5) is 43.1. The van der Waals surface area contributed by atoms with Gasteiger partial charge in [0.15, 0.2) is 0 Å². The molecule has 0 bridgehead atoms. The third kappa shape index (κ3) is 4.27. The third-order valence-electron chi connectivity index (χ3n) is 6.79. The molecule has 0 spiro atoms. The van der Waals surface area contributed by atoms with E-state index in [0.29, 0.717) is 35.0 Å². The molecule has 0 unspecified atom stereocenters. The Bertz CT molecular complexity index is 957. The van der Waals surface area contributed by atoms with Crippen molar-refractivity contribution in [3.8, 4) is 0 Å². The molecule has 2 heterocycles. The first-order chi connectivity index (χ1) is 15.4. The Morgan fingerprint density at radius 3 is 2.66 bits per heavy atom. The van der Waals surface area contributed by atoms with Crippen molar-refractivity contribution in [3.63, 3.8) is 0 Å². The highest BCUT2D eigenvalue weighted by Gasteiger charge is 2.55. The molecule has 3 aliphatic rings. The molecular weight excluding hydrogens is 451 g/mol. The van der Waals surface area contributed by atoms with Gasteiger partial charge in [0.2, 0.25) is 11.8 Å². The number of allylic oxidation sites excluding steroid dienone is 1. The molecule has 0 aromatic heterocycles. The Kier molecular flexibility index (Phi) is 6.82. The van der Waals surface area contributed by atoms with Gasteiger partial charge in [-0.15, -0.1) is 0 Å². The summed E-state index contributed by atoms with van der Waals surface area (Å²) in [6.07, 6.45) is 5.61. The zero-order valence-corrected chi connectivity index (χ0v) is 19.8. The van der Waals surface area contributed by atoms with Crippen LogP contribution in [-0.4, -0.2) is 47.3 Å². The number of esters is 1. The SMILES string of the molecule is CCOC(=O)[C@]12CCC=C1N(Cc1ccc(Cl)cc1Cl)C(=O)[C@H](CC(=O)N1CCCC1)C2. The van der Waals surface area contributed by atoms with Crippen molar-refractivity contribution in [1.29, 1.82) is 0 Å². The molecule has 6 nitrogen and oxygen atoms in total. The fourth-order valence-electron chi connectivity index (χ4n) is 5.21. The van der Waals surface area contributed by atoms with Crippen LogP contribution >= 0.6 is 23.2 Å². The van der Waals surface area contributed by atoms with Crippen molar-refractivity contribution in [1.82, 2.24) is 9.80 Å². The summed E-state index contributed by atoms with van der Waals surface area (Å²) < 4.78 is 5.46. The first-order valence-corrected chi connectivity index (χ1v) is 12.0. The molecule has 4 rings (SSSR count). The maximum Gasteiger partial charge on any atom is 0.318 e. The topological polar surface area (TPSA) is 66.9 Å². The smallest absolute Gasteiger partial charge is 0.318 e. The average molecular weight is 479 g/mol. The molecule has 2 saturated heterocycles. The maximum absolute atomic E-state index is 13.6. The Morgan fingerprint density at radius 2 is 1.97 bits per heavy atom. The predicted octanol–water partition coefficient (Wildman–Crippen LogP) is 4.58. The summed E-state index contributed by atoms with van der Waals surface area (Å²) in [5.74, 6) is -1.05. The minimum absolute atomic E-state index is 0.0187. The normalized spacial score (nSPS) is 25.0. The van der Waals surface area contributed by atoms with Crippen LogP contribution in [0.15, 0.2) is 30.0 Å². The van der Waals surface area contributed by atoms with Crippen molar-refractivity contribution in [3.05, 3.63) is 45.6 Å². The monoisotopic (exact) mass is 478 g/mol. The van der Waals surface area contributed by atoms with Crippen molar-refractivity contribution >= 4 is 41.0 Å². The molecule has 0 N–H and O–H groups in total. The zero-order valence-electron chi connectivity index (χ0n) is 18.2. The maximum atomic E-state index is 13.6. The fraction of sp³-hybridized carbons (Fsp3) is 0.542. The number of carbonyl (C=O) groups is 3. The van der Waals surface area contributed by atoms with Gasteiger partial charge >= 0.3 is 5.97 Å². The van der Waals surface area contributed by atoms with Crippen LogP contribution in [0.4, 0.5) is 0 Å². The van der Waals surface area contributed by atoms with Crippen LogP contribution in [0.1, 0.15) is 51.0 Å². The number of hydrogen-bond acceptors (Lipinski definition) is 4. The van der Waals surface area contributed by atoms with Gasteiger partial charge in [-0.05, 0) is 56.7 Å². The van der Waals surface area contributed by atoms with Gasteiger partial charge < -0.3 is 14.5 Å². The summed E-state index contributed by atoms with van der Waals surface area (Å²) >= 11 is 12.4. The zero-order chi connectivity index (χ0) is 22.9.